The Kier molecular flexibility index (Phi) is 5.18. The van der Waals surface area contributed by atoms with Crippen molar-refractivity contribution in [2.24, 2.45) is 0 Å². The van der Waals surface area contributed by atoms with Crippen molar-refractivity contribution in [2.75, 3.05) is 13.2 Å². The highest BCUT2D eigenvalue weighted by Crippen LogP contribution is 2.30. The van der Waals surface area contributed by atoms with Crippen LogP contribution in [0.15, 0.2) is 42.5 Å². The van der Waals surface area contributed by atoms with E-state index in [1.165, 1.54) is 0 Å². The number of hydrazine groups is 1. The molecule has 1 heterocycles. The number of fused-ring (bicyclic) bond motifs is 1. The number of carbonyl (C=O) groups is 2. The molecule has 0 saturated carbocycles. The summed E-state index contributed by atoms with van der Waals surface area (Å²) in [5.74, 6) is 0.657. The Balaban J connectivity index is 1.53. The van der Waals surface area contributed by atoms with E-state index in [2.05, 4.69) is 10.9 Å². The average molecular weight is 340 g/mol. The van der Waals surface area contributed by atoms with Gasteiger partial charge in [0.05, 0.1) is 6.42 Å². The summed E-state index contributed by atoms with van der Waals surface area (Å²) in [6.07, 6.45) is 1.04. The first-order valence-corrected chi connectivity index (χ1v) is 8.22. The first kappa shape index (κ1) is 16.8. The maximum absolute atomic E-state index is 12.0. The van der Waals surface area contributed by atoms with Gasteiger partial charge in [-0.1, -0.05) is 25.1 Å². The van der Waals surface area contributed by atoms with E-state index in [0.717, 1.165) is 17.5 Å². The number of benzene rings is 2. The number of amides is 2. The zero-order valence-electron chi connectivity index (χ0n) is 14.0. The minimum absolute atomic E-state index is 0.131. The van der Waals surface area contributed by atoms with Crippen LogP contribution in [0.2, 0.25) is 0 Å². The topological polar surface area (TPSA) is 76.7 Å². The molecular formula is C19H20N2O4. The van der Waals surface area contributed by atoms with E-state index in [-0.39, 0.29) is 18.2 Å². The molecule has 6 heteroatoms. The van der Waals surface area contributed by atoms with Crippen LogP contribution in [0.25, 0.3) is 0 Å². The van der Waals surface area contributed by atoms with Crippen LogP contribution in [-0.4, -0.2) is 25.0 Å². The molecule has 25 heavy (non-hydrogen) atoms. The Morgan fingerprint density at radius 2 is 1.60 bits per heavy atom. The lowest BCUT2D eigenvalue weighted by Gasteiger charge is -2.18. The Hall–Kier alpha value is -3.02. The predicted molar refractivity (Wildman–Crippen MR) is 92.6 cm³/mol. The molecule has 0 unspecified atom stereocenters. The highest BCUT2D eigenvalue weighted by molar-refractivity contribution is 5.95. The van der Waals surface area contributed by atoms with Crippen LogP contribution in [0.4, 0.5) is 0 Å². The van der Waals surface area contributed by atoms with Gasteiger partial charge in [0.1, 0.15) is 13.2 Å². The molecule has 2 aromatic rings. The van der Waals surface area contributed by atoms with Crippen LogP contribution in [0.3, 0.4) is 0 Å². The molecule has 3 rings (SSSR count). The third-order valence-electron chi connectivity index (χ3n) is 3.91. The summed E-state index contributed by atoms with van der Waals surface area (Å²) >= 11 is 0. The van der Waals surface area contributed by atoms with Crippen molar-refractivity contribution in [3.8, 4) is 11.5 Å². The van der Waals surface area contributed by atoms with E-state index in [0.29, 0.717) is 30.3 Å². The highest BCUT2D eigenvalue weighted by Gasteiger charge is 2.13. The van der Waals surface area contributed by atoms with E-state index < -0.39 is 0 Å². The van der Waals surface area contributed by atoms with Gasteiger partial charge in [0.15, 0.2) is 11.5 Å². The average Bonchev–Trinajstić information content (AvgIpc) is 2.66. The van der Waals surface area contributed by atoms with Gasteiger partial charge in [0.2, 0.25) is 5.91 Å². The molecule has 130 valence electrons. The van der Waals surface area contributed by atoms with Gasteiger partial charge in [-0.3, -0.25) is 20.4 Å². The predicted octanol–water partition coefficient (Wildman–Crippen LogP) is 2.02. The molecule has 0 fully saturated rings. The molecule has 2 N–H and O–H groups in total. The van der Waals surface area contributed by atoms with Gasteiger partial charge in [-0.15, -0.1) is 0 Å². The van der Waals surface area contributed by atoms with E-state index in [4.69, 9.17) is 9.47 Å². The van der Waals surface area contributed by atoms with Crippen LogP contribution in [0.1, 0.15) is 28.4 Å². The van der Waals surface area contributed by atoms with Crippen molar-refractivity contribution in [3.63, 3.8) is 0 Å². The minimum Gasteiger partial charge on any atom is -0.486 e. The summed E-state index contributed by atoms with van der Waals surface area (Å²) < 4.78 is 10.9. The number of carbonyl (C=O) groups excluding carboxylic acids is 2. The van der Waals surface area contributed by atoms with Crippen LogP contribution < -0.4 is 20.3 Å². The minimum atomic E-state index is -0.349. The van der Waals surface area contributed by atoms with Crippen LogP contribution in [0, 0.1) is 0 Å². The van der Waals surface area contributed by atoms with Gasteiger partial charge in [0, 0.05) is 5.56 Å². The maximum Gasteiger partial charge on any atom is 0.269 e. The third-order valence-corrected chi connectivity index (χ3v) is 3.91. The number of ether oxygens (including phenoxy) is 2. The molecule has 0 bridgehead atoms. The first-order chi connectivity index (χ1) is 12.2. The van der Waals surface area contributed by atoms with Gasteiger partial charge in [-0.25, -0.2) is 0 Å². The smallest absolute Gasteiger partial charge is 0.269 e. The monoisotopic (exact) mass is 340 g/mol. The van der Waals surface area contributed by atoms with Crippen molar-refractivity contribution in [3.05, 3.63) is 59.2 Å². The fourth-order valence-electron chi connectivity index (χ4n) is 2.52. The Labute approximate surface area is 146 Å². The van der Waals surface area contributed by atoms with Gasteiger partial charge in [-0.2, -0.15) is 0 Å². The molecule has 2 amide bonds. The molecule has 0 atom stereocenters. The van der Waals surface area contributed by atoms with E-state index >= 15 is 0 Å². The van der Waals surface area contributed by atoms with E-state index in [9.17, 15) is 9.59 Å². The number of hydrogen-bond acceptors (Lipinski definition) is 4. The van der Waals surface area contributed by atoms with Crippen LogP contribution >= 0.6 is 0 Å². The van der Waals surface area contributed by atoms with Crippen molar-refractivity contribution >= 4 is 11.8 Å². The normalized spacial score (nSPS) is 12.4. The fraction of sp³-hybridized carbons (Fsp3) is 0.263. The van der Waals surface area contributed by atoms with Crippen LogP contribution in [-0.2, 0) is 17.6 Å². The quantitative estimate of drug-likeness (QED) is 0.835. The van der Waals surface area contributed by atoms with Crippen molar-refractivity contribution in [1.82, 2.24) is 10.9 Å². The summed E-state index contributed by atoms with van der Waals surface area (Å²) in [7, 11) is 0. The van der Waals surface area contributed by atoms with Crippen LogP contribution in [0.5, 0.6) is 11.5 Å². The molecule has 0 aliphatic carbocycles. The molecule has 6 nitrogen and oxygen atoms in total. The summed E-state index contributed by atoms with van der Waals surface area (Å²) in [5.41, 5.74) is 7.28. The summed E-state index contributed by atoms with van der Waals surface area (Å²) in [5, 5.41) is 0. The molecule has 0 saturated heterocycles. The first-order valence-electron chi connectivity index (χ1n) is 8.22. The molecule has 0 aromatic heterocycles. The lowest BCUT2D eigenvalue weighted by Crippen LogP contribution is -2.42. The molecular weight excluding hydrogens is 320 g/mol. The Morgan fingerprint density at radius 3 is 2.32 bits per heavy atom. The molecule has 2 aromatic carbocycles. The molecule has 1 aliphatic heterocycles. The van der Waals surface area contributed by atoms with E-state index in [1.807, 2.05) is 19.1 Å². The summed E-state index contributed by atoms with van der Waals surface area (Å²) in [4.78, 5) is 24.0. The third kappa shape index (κ3) is 4.29. The second-order valence-corrected chi connectivity index (χ2v) is 5.71. The molecule has 0 radical (unpaired) electrons. The van der Waals surface area contributed by atoms with Crippen molar-refractivity contribution < 1.29 is 19.1 Å². The Morgan fingerprint density at radius 1 is 0.920 bits per heavy atom. The lowest BCUT2D eigenvalue weighted by atomic mass is 10.1. The standard InChI is InChI=1S/C19H20N2O4/c1-2-13-3-6-15(7-4-13)19(23)21-20-18(22)12-14-5-8-16-17(11-14)25-10-9-24-16/h3-8,11H,2,9-10,12H2,1H3,(H,20,22)(H,21,23). The van der Waals surface area contributed by atoms with E-state index in [1.54, 1.807) is 30.3 Å². The zero-order valence-corrected chi connectivity index (χ0v) is 14.0. The second-order valence-electron chi connectivity index (χ2n) is 5.71. The number of nitrogens with one attached hydrogen (secondary N) is 2. The van der Waals surface area contributed by atoms with Crippen molar-refractivity contribution in [1.29, 1.82) is 0 Å². The number of rotatable bonds is 4. The van der Waals surface area contributed by atoms with Gasteiger partial charge in [0.25, 0.3) is 5.91 Å². The van der Waals surface area contributed by atoms with Gasteiger partial charge >= 0.3 is 0 Å². The van der Waals surface area contributed by atoms with Gasteiger partial charge in [-0.05, 0) is 41.8 Å². The number of hydrogen-bond donors (Lipinski definition) is 2. The lowest BCUT2D eigenvalue weighted by molar-refractivity contribution is -0.121. The summed E-state index contributed by atoms with van der Waals surface area (Å²) in [6.45, 7) is 3.07. The number of aryl methyl sites for hydroxylation is 1. The zero-order chi connectivity index (χ0) is 17.6. The molecule has 0 spiro atoms. The summed E-state index contributed by atoms with van der Waals surface area (Å²) in [6, 6.07) is 12.6. The molecule has 1 aliphatic rings. The SMILES string of the molecule is CCc1ccc(C(=O)NNC(=O)Cc2ccc3c(c2)OCCO3)cc1. The fourth-order valence-corrected chi connectivity index (χ4v) is 2.52. The van der Waals surface area contributed by atoms with Crippen molar-refractivity contribution in [2.45, 2.75) is 19.8 Å². The maximum atomic E-state index is 12.0. The largest absolute Gasteiger partial charge is 0.486 e. The highest BCUT2D eigenvalue weighted by atomic mass is 16.6. The second kappa shape index (κ2) is 7.70. The Bertz CT molecular complexity index is 771. The van der Waals surface area contributed by atoms with Gasteiger partial charge < -0.3 is 9.47 Å².